The number of hydrogen-bond donors (Lipinski definition) is 1. The lowest BCUT2D eigenvalue weighted by Gasteiger charge is -2.04. The average molecular weight is 267 g/mol. The molecule has 0 saturated carbocycles. The Balaban J connectivity index is 2.06. The van der Waals surface area contributed by atoms with Gasteiger partial charge in [0.2, 0.25) is 5.89 Å². The summed E-state index contributed by atoms with van der Waals surface area (Å²) in [5.41, 5.74) is 2.94. The van der Waals surface area contributed by atoms with E-state index in [0.717, 1.165) is 11.1 Å². The molecule has 1 atom stereocenters. The number of aromatic nitrogens is 1. The van der Waals surface area contributed by atoms with Gasteiger partial charge in [-0.2, -0.15) is 0 Å². The zero-order valence-corrected chi connectivity index (χ0v) is 10.9. The van der Waals surface area contributed by atoms with Crippen molar-refractivity contribution in [3.05, 3.63) is 54.1 Å². The summed E-state index contributed by atoms with van der Waals surface area (Å²) < 4.78 is 5.72. The third-order valence-electron chi connectivity index (χ3n) is 3.30. The predicted molar refractivity (Wildman–Crippen MR) is 75.5 cm³/mol. The van der Waals surface area contributed by atoms with Gasteiger partial charge in [-0.1, -0.05) is 24.3 Å². The van der Waals surface area contributed by atoms with Gasteiger partial charge in [0.25, 0.3) is 0 Å². The smallest absolute Gasteiger partial charge is 0.310 e. The highest BCUT2D eigenvalue weighted by Gasteiger charge is 2.16. The number of carbonyl (C=O) groups is 1. The molecule has 20 heavy (non-hydrogen) atoms. The first-order valence-corrected chi connectivity index (χ1v) is 6.34. The Morgan fingerprint density at radius 1 is 1.20 bits per heavy atom. The summed E-state index contributed by atoms with van der Waals surface area (Å²) >= 11 is 0. The highest BCUT2D eigenvalue weighted by atomic mass is 16.4. The van der Waals surface area contributed by atoms with E-state index < -0.39 is 11.9 Å². The summed E-state index contributed by atoms with van der Waals surface area (Å²) in [4.78, 5) is 15.4. The van der Waals surface area contributed by atoms with Crippen LogP contribution in [0.5, 0.6) is 0 Å². The molecule has 0 aliphatic carbocycles. The lowest BCUT2D eigenvalue weighted by atomic mass is 10.0. The molecule has 4 heteroatoms. The quantitative estimate of drug-likeness (QED) is 0.786. The number of carboxylic acid groups (broad SMARTS) is 1. The van der Waals surface area contributed by atoms with Gasteiger partial charge in [-0.05, 0) is 36.8 Å². The van der Waals surface area contributed by atoms with Crippen LogP contribution in [0.15, 0.2) is 52.9 Å². The van der Waals surface area contributed by atoms with Crippen molar-refractivity contribution in [1.82, 2.24) is 4.98 Å². The summed E-state index contributed by atoms with van der Waals surface area (Å²) in [6.07, 6.45) is 0. The monoisotopic (exact) mass is 267 g/mol. The molecule has 0 radical (unpaired) electrons. The highest BCUT2D eigenvalue weighted by Crippen LogP contribution is 2.27. The number of aliphatic carboxylic acids is 1. The van der Waals surface area contributed by atoms with Gasteiger partial charge in [-0.15, -0.1) is 0 Å². The van der Waals surface area contributed by atoms with Crippen LogP contribution in [-0.2, 0) is 4.79 Å². The molecule has 1 aromatic heterocycles. The molecule has 0 aliphatic heterocycles. The van der Waals surface area contributed by atoms with Crippen molar-refractivity contribution in [3.8, 4) is 11.5 Å². The molecule has 4 nitrogen and oxygen atoms in total. The Hall–Kier alpha value is -2.62. The van der Waals surface area contributed by atoms with Crippen LogP contribution < -0.4 is 0 Å². The third-order valence-corrected chi connectivity index (χ3v) is 3.30. The van der Waals surface area contributed by atoms with E-state index in [0.29, 0.717) is 17.0 Å². The first-order chi connectivity index (χ1) is 9.65. The van der Waals surface area contributed by atoms with Crippen LogP contribution in [0.25, 0.3) is 22.6 Å². The number of benzene rings is 2. The van der Waals surface area contributed by atoms with E-state index in [4.69, 9.17) is 9.52 Å². The molecule has 0 bridgehead atoms. The van der Waals surface area contributed by atoms with Gasteiger partial charge in [0.15, 0.2) is 5.58 Å². The van der Waals surface area contributed by atoms with Gasteiger partial charge in [-0.3, -0.25) is 4.79 Å². The summed E-state index contributed by atoms with van der Waals surface area (Å²) in [5.74, 6) is -0.877. The SMILES string of the molecule is C[C@@H](C(=O)O)c1ccc2nc(-c3ccccc3)oc2c1. The van der Waals surface area contributed by atoms with Gasteiger partial charge >= 0.3 is 5.97 Å². The van der Waals surface area contributed by atoms with Gasteiger partial charge in [-0.25, -0.2) is 4.98 Å². The van der Waals surface area contributed by atoms with E-state index >= 15 is 0 Å². The van der Waals surface area contributed by atoms with Crippen LogP contribution in [-0.4, -0.2) is 16.1 Å². The third kappa shape index (κ3) is 2.16. The molecule has 0 spiro atoms. The fourth-order valence-electron chi connectivity index (χ4n) is 2.06. The summed E-state index contributed by atoms with van der Waals surface area (Å²) in [6.45, 7) is 1.65. The number of nitrogens with zero attached hydrogens (tertiary/aromatic N) is 1. The number of fused-ring (bicyclic) bond motifs is 1. The predicted octanol–water partition coefficient (Wildman–Crippen LogP) is 3.68. The first-order valence-electron chi connectivity index (χ1n) is 6.34. The molecule has 0 aliphatic rings. The zero-order chi connectivity index (χ0) is 14.1. The maximum Gasteiger partial charge on any atom is 0.310 e. The number of carboxylic acids is 1. The van der Waals surface area contributed by atoms with Crippen molar-refractivity contribution in [2.75, 3.05) is 0 Å². The molecule has 3 aromatic rings. The van der Waals surface area contributed by atoms with Gasteiger partial charge in [0.05, 0.1) is 5.92 Å². The maximum absolute atomic E-state index is 11.0. The maximum atomic E-state index is 11.0. The molecule has 100 valence electrons. The fraction of sp³-hybridized carbons (Fsp3) is 0.125. The van der Waals surface area contributed by atoms with Crippen molar-refractivity contribution in [3.63, 3.8) is 0 Å². The van der Waals surface area contributed by atoms with E-state index in [2.05, 4.69) is 4.98 Å². The minimum Gasteiger partial charge on any atom is -0.481 e. The Labute approximate surface area is 115 Å². The van der Waals surface area contributed by atoms with Crippen LogP contribution >= 0.6 is 0 Å². The molecule has 3 rings (SSSR count). The van der Waals surface area contributed by atoms with Crippen LogP contribution in [0.2, 0.25) is 0 Å². The Morgan fingerprint density at radius 2 is 1.95 bits per heavy atom. The standard InChI is InChI=1S/C16H13NO3/c1-10(16(18)19)12-7-8-13-14(9-12)20-15(17-13)11-5-3-2-4-6-11/h2-10H,1H3,(H,18,19)/t10-/m1/s1. The number of oxazole rings is 1. The lowest BCUT2D eigenvalue weighted by Crippen LogP contribution is -2.06. The van der Waals surface area contributed by atoms with Crippen molar-refractivity contribution in [2.45, 2.75) is 12.8 Å². The lowest BCUT2D eigenvalue weighted by molar-refractivity contribution is -0.138. The summed E-state index contributed by atoms with van der Waals surface area (Å²) in [5, 5.41) is 9.04. The van der Waals surface area contributed by atoms with Crippen LogP contribution in [0.1, 0.15) is 18.4 Å². The second-order valence-corrected chi connectivity index (χ2v) is 4.67. The van der Waals surface area contributed by atoms with Crippen LogP contribution in [0.4, 0.5) is 0 Å². The Morgan fingerprint density at radius 3 is 2.65 bits per heavy atom. The minimum absolute atomic E-state index is 0.542. The second kappa shape index (κ2) is 4.81. The normalized spacial score (nSPS) is 12.4. The van der Waals surface area contributed by atoms with E-state index in [1.54, 1.807) is 25.1 Å². The molecule has 0 saturated heterocycles. The number of hydrogen-bond acceptors (Lipinski definition) is 3. The van der Waals surface area contributed by atoms with E-state index in [9.17, 15) is 4.79 Å². The molecule has 1 heterocycles. The molecule has 0 fully saturated rings. The van der Waals surface area contributed by atoms with Crippen molar-refractivity contribution in [1.29, 1.82) is 0 Å². The minimum atomic E-state index is -0.854. The molecule has 0 amide bonds. The van der Waals surface area contributed by atoms with Crippen molar-refractivity contribution < 1.29 is 14.3 Å². The zero-order valence-electron chi connectivity index (χ0n) is 10.9. The fourth-order valence-corrected chi connectivity index (χ4v) is 2.06. The Bertz CT molecular complexity index is 762. The Kier molecular flexibility index (Phi) is 2.99. The number of rotatable bonds is 3. The topological polar surface area (TPSA) is 63.3 Å². The summed E-state index contributed by atoms with van der Waals surface area (Å²) in [6, 6.07) is 14.9. The van der Waals surface area contributed by atoms with E-state index in [1.807, 2.05) is 30.3 Å². The second-order valence-electron chi connectivity index (χ2n) is 4.67. The molecule has 1 N–H and O–H groups in total. The van der Waals surface area contributed by atoms with Gasteiger partial charge < -0.3 is 9.52 Å². The molecule has 2 aromatic carbocycles. The van der Waals surface area contributed by atoms with Crippen molar-refractivity contribution in [2.24, 2.45) is 0 Å². The average Bonchev–Trinajstić information content (AvgIpc) is 2.90. The van der Waals surface area contributed by atoms with Crippen molar-refractivity contribution >= 4 is 17.1 Å². The van der Waals surface area contributed by atoms with Crippen LogP contribution in [0.3, 0.4) is 0 Å². The first kappa shape index (κ1) is 12.4. The van der Waals surface area contributed by atoms with E-state index in [-0.39, 0.29) is 0 Å². The van der Waals surface area contributed by atoms with Gasteiger partial charge in [0.1, 0.15) is 5.52 Å². The largest absolute Gasteiger partial charge is 0.481 e. The van der Waals surface area contributed by atoms with Gasteiger partial charge in [0, 0.05) is 5.56 Å². The highest BCUT2D eigenvalue weighted by molar-refractivity contribution is 5.81. The summed E-state index contributed by atoms with van der Waals surface area (Å²) in [7, 11) is 0. The molecule has 0 unspecified atom stereocenters. The van der Waals surface area contributed by atoms with Crippen LogP contribution in [0, 0.1) is 0 Å². The molecular formula is C16H13NO3. The molecular weight excluding hydrogens is 254 g/mol. The van der Waals surface area contributed by atoms with E-state index in [1.165, 1.54) is 0 Å².